The van der Waals surface area contributed by atoms with E-state index in [9.17, 15) is 14.4 Å². The van der Waals surface area contributed by atoms with Crippen LogP contribution in [-0.4, -0.2) is 41.5 Å². The number of likely N-dealkylation sites (tertiary alicyclic amines) is 1. The summed E-state index contributed by atoms with van der Waals surface area (Å²) in [6, 6.07) is 17.3. The first-order valence-corrected chi connectivity index (χ1v) is 10.9. The van der Waals surface area contributed by atoms with Crippen molar-refractivity contribution in [1.29, 1.82) is 0 Å². The second-order valence-corrected chi connectivity index (χ2v) is 8.22. The van der Waals surface area contributed by atoms with Crippen LogP contribution < -0.4 is 5.32 Å². The van der Waals surface area contributed by atoms with E-state index in [0.717, 1.165) is 11.1 Å². The molecule has 1 fully saturated rings. The Balaban J connectivity index is 1.56. The van der Waals surface area contributed by atoms with Crippen LogP contribution in [0.4, 0.5) is 4.79 Å². The van der Waals surface area contributed by atoms with Crippen molar-refractivity contribution < 1.29 is 23.9 Å². The Morgan fingerprint density at radius 2 is 1.50 bits per heavy atom. The molecule has 0 radical (unpaired) electrons. The molecule has 32 heavy (non-hydrogen) atoms. The van der Waals surface area contributed by atoms with Crippen molar-refractivity contribution in [1.82, 2.24) is 10.2 Å². The van der Waals surface area contributed by atoms with Gasteiger partial charge in [-0.05, 0) is 29.9 Å². The van der Waals surface area contributed by atoms with Gasteiger partial charge in [0.05, 0.1) is 0 Å². The third-order valence-corrected chi connectivity index (χ3v) is 5.44. The van der Waals surface area contributed by atoms with Gasteiger partial charge in [0.2, 0.25) is 5.91 Å². The number of hydrogen-bond acceptors (Lipinski definition) is 5. The van der Waals surface area contributed by atoms with Crippen LogP contribution in [-0.2, 0) is 32.3 Å². The highest BCUT2D eigenvalue weighted by Gasteiger charge is 2.37. The average molecular weight is 439 g/mol. The second kappa shape index (κ2) is 11.3. The van der Waals surface area contributed by atoms with E-state index in [4.69, 9.17) is 9.47 Å². The Kier molecular flexibility index (Phi) is 8.25. The van der Waals surface area contributed by atoms with Crippen molar-refractivity contribution in [3.63, 3.8) is 0 Å². The molecule has 1 N–H and O–H groups in total. The lowest BCUT2D eigenvalue weighted by atomic mass is 10.0. The number of nitrogens with one attached hydrogen (secondary N) is 1. The van der Waals surface area contributed by atoms with E-state index >= 15 is 0 Å². The van der Waals surface area contributed by atoms with Crippen LogP contribution in [0.2, 0.25) is 0 Å². The molecule has 0 saturated carbocycles. The SMILES string of the molecule is CC(C)[C@@H](NC(=O)[C@@H]1CCCN1C(=O)OCc1ccccc1)C(=O)OCc1ccccc1. The molecule has 1 aliphatic heterocycles. The standard InChI is InChI=1S/C25H30N2O5/c1-18(2)22(24(29)31-16-19-10-5-3-6-11-19)26-23(28)21-14-9-15-27(21)25(30)32-17-20-12-7-4-8-13-20/h3-8,10-13,18,21-22H,9,14-17H2,1-2H3,(H,26,28)/t21-,22+/m0/s1. The summed E-state index contributed by atoms with van der Waals surface area (Å²) in [7, 11) is 0. The molecule has 2 aromatic rings. The lowest BCUT2D eigenvalue weighted by Gasteiger charge is -2.27. The minimum absolute atomic E-state index is 0.139. The Bertz CT molecular complexity index is 901. The summed E-state index contributed by atoms with van der Waals surface area (Å²) >= 11 is 0. The number of rotatable bonds is 8. The van der Waals surface area contributed by atoms with E-state index in [1.807, 2.05) is 74.5 Å². The van der Waals surface area contributed by atoms with E-state index in [1.54, 1.807) is 0 Å². The number of benzene rings is 2. The van der Waals surface area contributed by atoms with Crippen LogP contribution in [0.1, 0.15) is 37.8 Å². The molecule has 0 bridgehead atoms. The molecule has 0 spiro atoms. The van der Waals surface area contributed by atoms with Crippen LogP contribution in [0.3, 0.4) is 0 Å². The number of carbonyl (C=O) groups is 3. The summed E-state index contributed by atoms with van der Waals surface area (Å²) in [4.78, 5) is 39.6. The quantitative estimate of drug-likeness (QED) is 0.636. The molecule has 170 valence electrons. The van der Waals surface area contributed by atoms with Crippen molar-refractivity contribution in [2.75, 3.05) is 6.54 Å². The van der Waals surface area contributed by atoms with E-state index in [1.165, 1.54) is 4.90 Å². The minimum Gasteiger partial charge on any atom is -0.459 e. The van der Waals surface area contributed by atoms with Gasteiger partial charge < -0.3 is 14.8 Å². The lowest BCUT2D eigenvalue weighted by molar-refractivity contribution is -0.150. The van der Waals surface area contributed by atoms with Crippen LogP contribution in [0.5, 0.6) is 0 Å². The van der Waals surface area contributed by atoms with Crippen LogP contribution in [0, 0.1) is 5.92 Å². The predicted molar refractivity (Wildman–Crippen MR) is 119 cm³/mol. The van der Waals surface area contributed by atoms with Gasteiger partial charge in [-0.25, -0.2) is 9.59 Å². The molecule has 1 saturated heterocycles. The van der Waals surface area contributed by atoms with Crippen molar-refractivity contribution in [2.45, 2.75) is 52.0 Å². The maximum Gasteiger partial charge on any atom is 0.410 e. The average Bonchev–Trinajstić information content (AvgIpc) is 3.31. The van der Waals surface area contributed by atoms with Gasteiger partial charge >= 0.3 is 12.1 Å². The summed E-state index contributed by atoms with van der Waals surface area (Å²) in [6.45, 7) is 4.41. The fourth-order valence-electron chi connectivity index (χ4n) is 3.63. The molecule has 2 amide bonds. The fourth-order valence-corrected chi connectivity index (χ4v) is 3.63. The molecule has 7 heteroatoms. The highest BCUT2D eigenvalue weighted by atomic mass is 16.6. The number of esters is 1. The van der Waals surface area contributed by atoms with E-state index in [-0.39, 0.29) is 25.0 Å². The fraction of sp³-hybridized carbons (Fsp3) is 0.400. The molecule has 1 heterocycles. The van der Waals surface area contributed by atoms with Crippen molar-refractivity contribution >= 4 is 18.0 Å². The van der Waals surface area contributed by atoms with Gasteiger partial charge in [0.15, 0.2) is 0 Å². The molecule has 0 aromatic heterocycles. The monoisotopic (exact) mass is 438 g/mol. The summed E-state index contributed by atoms with van der Waals surface area (Å²) in [5, 5.41) is 2.79. The van der Waals surface area contributed by atoms with Gasteiger partial charge in [-0.1, -0.05) is 74.5 Å². The third kappa shape index (κ3) is 6.33. The highest BCUT2D eigenvalue weighted by molar-refractivity contribution is 5.90. The molecule has 0 unspecified atom stereocenters. The number of nitrogens with zero attached hydrogens (tertiary/aromatic N) is 1. The van der Waals surface area contributed by atoms with Gasteiger partial charge in [-0.15, -0.1) is 0 Å². The van der Waals surface area contributed by atoms with E-state index in [0.29, 0.717) is 19.4 Å². The van der Waals surface area contributed by atoms with Crippen molar-refractivity contribution in [3.05, 3.63) is 71.8 Å². The summed E-state index contributed by atoms with van der Waals surface area (Å²) < 4.78 is 10.8. The zero-order valence-corrected chi connectivity index (χ0v) is 18.5. The molecule has 2 atom stereocenters. The van der Waals surface area contributed by atoms with Crippen molar-refractivity contribution in [2.24, 2.45) is 5.92 Å². The zero-order valence-electron chi connectivity index (χ0n) is 18.5. The topological polar surface area (TPSA) is 84.9 Å². The van der Waals surface area contributed by atoms with Gasteiger partial charge in [-0.2, -0.15) is 0 Å². The smallest absolute Gasteiger partial charge is 0.410 e. The van der Waals surface area contributed by atoms with Gasteiger partial charge in [0.25, 0.3) is 0 Å². The first-order valence-electron chi connectivity index (χ1n) is 10.9. The number of ether oxygens (including phenoxy) is 2. The largest absolute Gasteiger partial charge is 0.459 e. The summed E-state index contributed by atoms with van der Waals surface area (Å²) in [5.41, 5.74) is 1.75. The maximum atomic E-state index is 13.0. The number of amides is 2. The van der Waals surface area contributed by atoms with Crippen molar-refractivity contribution in [3.8, 4) is 0 Å². The van der Waals surface area contributed by atoms with Crippen LogP contribution in [0.25, 0.3) is 0 Å². The Labute approximate surface area is 188 Å². The first kappa shape index (κ1) is 23.3. The highest BCUT2D eigenvalue weighted by Crippen LogP contribution is 2.20. The normalized spacial score (nSPS) is 16.5. The van der Waals surface area contributed by atoms with E-state index < -0.39 is 24.1 Å². The molecule has 7 nitrogen and oxygen atoms in total. The van der Waals surface area contributed by atoms with Gasteiger partial charge in [0.1, 0.15) is 25.3 Å². The van der Waals surface area contributed by atoms with E-state index in [2.05, 4.69) is 5.32 Å². The lowest BCUT2D eigenvalue weighted by Crippen LogP contribution is -2.52. The molecular weight excluding hydrogens is 408 g/mol. The summed E-state index contributed by atoms with van der Waals surface area (Å²) in [5.74, 6) is -1.02. The Morgan fingerprint density at radius 3 is 2.06 bits per heavy atom. The Morgan fingerprint density at radius 1 is 0.938 bits per heavy atom. The maximum absolute atomic E-state index is 13.0. The molecular formula is C25H30N2O5. The predicted octanol–water partition coefficient (Wildman–Crippen LogP) is 3.67. The molecule has 2 aromatic carbocycles. The minimum atomic E-state index is -0.797. The van der Waals surface area contributed by atoms with Crippen LogP contribution >= 0.6 is 0 Å². The first-order chi connectivity index (χ1) is 15.5. The third-order valence-electron chi connectivity index (χ3n) is 5.44. The van der Waals surface area contributed by atoms with Gasteiger partial charge in [-0.3, -0.25) is 9.69 Å². The molecule has 1 aliphatic rings. The number of hydrogen-bond donors (Lipinski definition) is 1. The number of carbonyl (C=O) groups excluding carboxylic acids is 3. The van der Waals surface area contributed by atoms with Gasteiger partial charge in [0, 0.05) is 6.54 Å². The van der Waals surface area contributed by atoms with Crippen LogP contribution in [0.15, 0.2) is 60.7 Å². The molecule has 0 aliphatic carbocycles. The molecule has 3 rings (SSSR count). The second-order valence-electron chi connectivity index (χ2n) is 8.22. The zero-order chi connectivity index (χ0) is 22.9. The Hall–Kier alpha value is -3.35. The summed E-state index contributed by atoms with van der Waals surface area (Å²) in [6.07, 6.45) is 0.693.